The van der Waals surface area contributed by atoms with Gasteiger partial charge >= 0.3 is 28.1 Å². The molecule has 0 unspecified atom stereocenters. The highest BCUT2D eigenvalue weighted by Gasteiger charge is 2.32. The molecular weight excluding hydrogens is 1140 g/mol. The zero-order valence-corrected chi connectivity index (χ0v) is 44.8. The molecule has 407 valence electrons. The van der Waals surface area contributed by atoms with E-state index in [2.05, 4.69) is 49.4 Å². The molecule has 0 bridgehead atoms. The molecule has 78 heavy (non-hydrogen) atoms. The van der Waals surface area contributed by atoms with E-state index in [-0.39, 0.29) is 94.9 Å². The van der Waals surface area contributed by atoms with E-state index in [0.29, 0.717) is 52.6 Å². The normalized spacial score (nSPS) is 13.4. The Kier molecular flexibility index (Phi) is 17.3. The molecule has 0 saturated carbocycles. The minimum Gasteiger partial charge on any atom is -0.537 e. The van der Waals surface area contributed by atoms with Crippen LogP contribution in [0, 0.1) is 37.1 Å². The largest absolute Gasteiger partial charge is 0.569 e. The molecule has 2 aliphatic heterocycles. The summed E-state index contributed by atoms with van der Waals surface area (Å²) in [7, 11) is -4.49. The fourth-order valence-corrected chi connectivity index (χ4v) is 11.0. The number of ether oxygens (including phenoxy) is 2. The Bertz CT molecular complexity index is 3860. The maximum atomic E-state index is 15.3. The van der Waals surface area contributed by atoms with Gasteiger partial charge in [-0.3, -0.25) is 28.2 Å². The first kappa shape index (κ1) is 56.4. The summed E-state index contributed by atoms with van der Waals surface area (Å²) in [5.41, 5.74) is 3.36. The topological polar surface area (TPSA) is 243 Å². The number of benzene rings is 4. The summed E-state index contributed by atoms with van der Waals surface area (Å²) < 4.78 is 142. The fraction of sp³-hybridized carbons (Fsp3) is 0.200. The second-order valence-electron chi connectivity index (χ2n) is 17.1. The fourth-order valence-electron chi connectivity index (χ4n) is 8.36. The highest BCUT2D eigenvalue weighted by Crippen LogP contribution is 2.36. The number of fused-ring (bicyclic) bond motifs is 2. The van der Waals surface area contributed by atoms with Gasteiger partial charge in [0.15, 0.2) is 11.6 Å². The van der Waals surface area contributed by atoms with Crippen LogP contribution in [-0.2, 0) is 46.3 Å². The summed E-state index contributed by atoms with van der Waals surface area (Å²) in [5, 5.41) is 15.3. The van der Waals surface area contributed by atoms with Crippen LogP contribution in [-0.4, -0.2) is 84.9 Å². The summed E-state index contributed by atoms with van der Waals surface area (Å²) in [6.07, 6.45) is 2.93. The Morgan fingerprint density at radius 1 is 0.628 bits per heavy atom. The maximum Gasteiger partial charge on any atom is 0.569 e. The van der Waals surface area contributed by atoms with E-state index >= 15 is 4.39 Å². The molecule has 0 saturated heterocycles. The Hall–Kier alpha value is -7.76. The third-order valence-corrected chi connectivity index (χ3v) is 15.8. The lowest BCUT2D eigenvalue weighted by Gasteiger charge is -2.30. The van der Waals surface area contributed by atoms with Gasteiger partial charge in [0.2, 0.25) is 0 Å². The minimum absolute atomic E-state index is 0.0195. The Balaban J connectivity index is 0.000000175. The summed E-state index contributed by atoms with van der Waals surface area (Å²) in [6.45, 7) is 3.46. The number of methoxy groups -OCH3 is 2. The first-order chi connectivity index (χ1) is 37.2. The molecule has 0 aliphatic carbocycles. The van der Waals surface area contributed by atoms with Crippen molar-refractivity contribution in [1.82, 2.24) is 28.1 Å². The lowest BCUT2D eigenvalue weighted by molar-refractivity contribution is 0.384. The van der Waals surface area contributed by atoms with Gasteiger partial charge in [-0.05, 0) is 81.9 Å². The maximum absolute atomic E-state index is 15.3. The number of rotatable bonds is 13. The molecule has 0 amide bonds. The molecule has 0 atom stereocenters. The van der Waals surface area contributed by atoms with Crippen LogP contribution in [0.25, 0.3) is 22.5 Å². The number of hydrogen-bond acceptors (Lipinski definition) is 14. The summed E-state index contributed by atoms with van der Waals surface area (Å²) in [4.78, 5) is 25.6. The molecule has 1 radical (unpaired) electrons. The average Bonchev–Trinajstić information content (AvgIpc) is 4.26. The van der Waals surface area contributed by atoms with Crippen LogP contribution in [0.5, 0.6) is 17.2 Å². The van der Waals surface area contributed by atoms with Crippen molar-refractivity contribution >= 4 is 55.7 Å². The van der Waals surface area contributed by atoms with E-state index < -0.39 is 43.4 Å². The molecule has 28 heteroatoms. The Morgan fingerprint density at radius 2 is 1.12 bits per heavy atom. The van der Waals surface area contributed by atoms with E-state index in [1.807, 2.05) is 0 Å². The third-order valence-electron chi connectivity index (χ3n) is 12.3. The number of pyridine rings is 2. The first-order valence-electron chi connectivity index (χ1n) is 23.1. The van der Waals surface area contributed by atoms with Crippen molar-refractivity contribution in [2.75, 3.05) is 36.8 Å². The van der Waals surface area contributed by atoms with Crippen LogP contribution < -0.4 is 34.7 Å². The van der Waals surface area contributed by atoms with Crippen LogP contribution in [0.15, 0.2) is 133 Å². The number of anilines is 2. The van der Waals surface area contributed by atoms with Gasteiger partial charge in [0, 0.05) is 98.4 Å². The van der Waals surface area contributed by atoms with Gasteiger partial charge in [-0.15, -0.1) is 0 Å². The second kappa shape index (κ2) is 23.9. The zero-order valence-electron chi connectivity index (χ0n) is 41.5. The predicted molar refractivity (Wildman–Crippen MR) is 281 cm³/mol. The smallest absolute Gasteiger partial charge is 0.537 e. The predicted octanol–water partition coefficient (Wildman–Crippen LogP) is 7.29. The van der Waals surface area contributed by atoms with Crippen LogP contribution in [0.3, 0.4) is 0 Å². The second-order valence-corrected chi connectivity index (χ2v) is 21.3. The molecular formula is C50H45BBrF4N8O12S2. The highest BCUT2D eigenvalue weighted by atomic mass is 79.9. The van der Waals surface area contributed by atoms with Crippen molar-refractivity contribution in [1.29, 1.82) is 0 Å². The molecule has 8 aromatic rings. The molecule has 0 fully saturated rings. The van der Waals surface area contributed by atoms with Gasteiger partial charge in [-0.2, -0.15) is 25.4 Å². The van der Waals surface area contributed by atoms with Crippen LogP contribution >= 0.6 is 15.9 Å². The Labute approximate surface area is 452 Å². The summed E-state index contributed by atoms with van der Waals surface area (Å²) >= 11 is 3.11. The summed E-state index contributed by atoms with van der Waals surface area (Å²) in [5.74, 6) is -1.11. The lowest BCUT2D eigenvalue weighted by atomic mass is 10.0. The van der Waals surface area contributed by atoms with Crippen molar-refractivity contribution in [3.8, 4) is 39.8 Å². The Morgan fingerprint density at radius 3 is 1.58 bits per heavy atom. The first-order valence-corrected chi connectivity index (χ1v) is 26.8. The quantitative estimate of drug-likeness (QED) is 0.0759. The molecule has 4 aromatic carbocycles. The molecule has 6 heterocycles. The minimum atomic E-state index is -3.94. The van der Waals surface area contributed by atoms with Gasteiger partial charge in [-0.25, -0.2) is 17.6 Å². The van der Waals surface area contributed by atoms with E-state index in [9.17, 15) is 39.6 Å². The lowest BCUT2D eigenvalue weighted by Crippen LogP contribution is -2.41. The summed E-state index contributed by atoms with van der Waals surface area (Å²) in [6, 6.07) is 22.5. The molecule has 0 spiro atoms. The third kappa shape index (κ3) is 12.5. The van der Waals surface area contributed by atoms with E-state index in [1.54, 1.807) is 50.2 Å². The molecule has 3 N–H and O–H groups in total. The SMILES string of the molecule is COc1cc(-c2ccc(C)c(F)c2)c(F)cc1-n1c2c(ccc1=O)CN(S(=O)(=O)Nc1ccon1)CC2.COc1cc(Br)c(F)cc1-n1c2c(ccc1=O)CN(S(=O)(=O)Nc1ccon1)CC2.Cc1ccc(O[B]O)cc1F. The van der Waals surface area contributed by atoms with Crippen molar-refractivity contribution in [2.24, 2.45) is 0 Å². The van der Waals surface area contributed by atoms with Gasteiger partial charge in [-0.1, -0.05) is 40.6 Å². The number of aromatic nitrogens is 4. The zero-order chi connectivity index (χ0) is 56.1. The highest BCUT2D eigenvalue weighted by molar-refractivity contribution is 9.10. The number of halogens is 5. The van der Waals surface area contributed by atoms with Crippen LogP contribution in [0.4, 0.5) is 29.2 Å². The number of hydrogen-bond donors (Lipinski definition) is 3. The number of nitrogens with one attached hydrogen (secondary N) is 2. The van der Waals surface area contributed by atoms with Gasteiger partial charge in [0.1, 0.15) is 53.0 Å². The van der Waals surface area contributed by atoms with Gasteiger partial charge in [0.05, 0.1) is 30.1 Å². The molecule has 4 aromatic heterocycles. The van der Waals surface area contributed by atoms with Crippen molar-refractivity contribution < 1.29 is 62.6 Å². The molecule has 2 aliphatic rings. The van der Waals surface area contributed by atoms with Crippen molar-refractivity contribution in [3.63, 3.8) is 0 Å². The van der Waals surface area contributed by atoms with E-state index in [4.69, 9.17) is 14.5 Å². The number of aryl methyl sites for hydroxylation is 2. The van der Waals surface area contributed by atoms with Crippen LogP contribution in [0.1, 0.15) is 33.6 Å². The van der Waals surface area contributed by atoms with E-state index in [1.165, 1.54) is 105 Å². The van der Waals surface area contributed by atoms with E-state index in [0.717, 1.165) is 0 Å². The standard InChI is InChI=1S/C25H22F2N4O5S.C18H16BrFN4O5S.C7H7BFO2/c1-15-3-4-16(11-19(15)26)18-12-23(35-2)22(13-20(18)27)31-21-7-9-30(14-17(21)5-6-25(31)32)37(33,34)29-24-8-10-36-28-24;1-28-16-8-12(19)13(20)9-15(16)24-14-4-6-23(10-11(14)2-3-18(24)25)30(26,27)22-17-5-7-29-21-17;1-5-2-3-6(11-8-10)4-7(5)9/h3-6,8,10-13H,7,9,14H2,1-2H3,(H,28,29);2-3,5,7-9H,4,6,10H2,1H3,(H,21,22);2-4,10H,1H3. The number of nitrogens with zero attached hydrogens (tertiary/aromatic N) is 6. The average molecular weight is 1180 g/mol. The van der Waals surface area contributed by atoms with Gasteiger partial charge < -0.3 is 28.2 Å². The molecule has 10 rings (SSSR count). The van der Waals surface area contributed by atoms with Crippen molar-refractivity contribution in [3.05, 3.63) is 192 Å². The van der Waals surface area contributed by atoms with Crippen LogP contribution in [0.2, 0.25) is 0 Å². The monoisotopic (exact) mass is 1180 g/mol. The van der Waals surface area contributed by atoms with Gasteiger partial charge in [0.25, 0.3) is 11.1 Å². The molecule has 20 nitrogen and oxygen atoms in total. The van der Waals surface area contributed by atoms with Crippen molar-refractivity contribution in [2.45, 2.75) is 39.8 Å².